The van der Waals surface area contributed by atoms with Crippen LogP contribution in [0.15, 0.2) is 60.7 Å². The zero-order valence-corrected chi connectivity index (χ0v) is 36.0. The van der Waals surface area contributed by atoms with Crippen LogP contribution >= 0.6 is 11.6 Å². The number of likely N-dealkylation sites (tertiary alicyclic amines) is 1. The molecule has 0 spiro atoms. The number of nitrogens with two attached hydrogens (primary N) is 1. The number of rotatable bonds is 20. The van der Waals surface area contributed by atoms with Crippen molar-refractivity contribution in [2.45, 2.75) is 134 Å². The summed E-state index contributed by atoms with van der Waals surface area (Å²) in [4.78, 5) is 45.1. The molecular formula is C44H63ClN6O5S. The third kappa shape index (κ3) is 10.4. The van der Waals surface area contributed by atoms with Crippen molar-refractivity contribution in [2.24, 2.45) is 23.5 Å². The molecule has 57 heavy (non-hydrogen) atoms. The average molecular weight is 824 g/mol. The SMILES string of the molecule is C=S(=O)(NC(=O)C1CC1C=CCCCCCC(Nc1ccccc1)C(=O)N1CC(O)CC1C(N)=O)C(C)(CC)CC(C)C(C)n1c(Cl)nc2c(C(C)C)cccc21. The number of nitrogens with one attached hydrogen (secondary N) is 2. The molecule has 5 N–H and O–H groups in total. The number of imidazole rings is 1. The maximum absolute atomic E-state index is 14.3. The number of hydrogen-bond donors (Lipinski definition) is 4. The Morgan fingerprint density at radius 1 is 1.09 bits per heavy atom. The van der Waals surface area contributed by atoms with Crippen molar-refractivity contribution in [1.82, 2.24) is 19.2 Å². The van der Waals surface area contributed by atoms with E-state index in [1.54, 1.807) is 0 Å². The normalized spacial score (nSPS) is 23.2. The van der Waals surface area contributed by atoms with Gasteiger partial charge in [-0.1, -0.05) is 83.0 Å². The lowest BCUT2D eigenvalue weighted by molar-refractivity contribution is -0.138. The number of allylic oxidation sites excluding steroid dienone is 2. The van der Waals surface area contributed by atoms with Crippen LogP contribution in [0.2, 0.25) is 5.28 Å². The number of para-hydroxylation sites is 2. The number of halogens is 1. The number of unbranched alkanes of at least 4 members (excludes halogenated alkanes) is 3. The van der Waals surface area contributed by atoms with E-state index in [0.717, 1.165) is 48.0 Å². The molecule has 312 valence electrons. The Hall–Kier alpha value is -3.87. The van der Waals surface area contributed by atoms with E-state index >= 15 is 0 Å². The Balaban J connectivity index is 1.09. The van der Waals surface area contributed by atoms with Crippen LogP contribution in [0.5, 0.6) is 0 Å². The van der Waals surface area contributed by atoms with E-state index in [0.29, 0.717) is 36.9 Å². The second-order valence-corrected chi connectivity index (χ2v) is 19.8. The summed E-state index contributed by atoms with van der Waals surface area (Å²) in [6.07, 6.45) is 9.44. The van der Waals surface area contributed by atoms with Gasteiger partial charge in [0.15, 0.2) is 0 Å². The van der Waals surface area contributed by atoms with Crippen molar-refractivity contribution in [3.05, 3.63) is 71.5 Å². The summed E-state index contributed by atoms with van der Waals surface area (Å²) in [5.74, 6) is 3.31. The zero-order chi connectivity index (χ0) is 41.7. The fourth-order valence-corrected chi connectivity index (χ4v) is 10.3. The lowest BCUT2D eigenvalue weighted by Crippen LogP contribution is -2.49. The number of β-amino-alcohol motifs (C(OH)–C–C–N with tert-alkyl or cyclic N) is 1. The first-order valence-corrected chi connectivity index (χ1v) is 22.7. The zero-order valence-electron chi connectivity index (χ0n) is 34.5. The first-order valence-electron chi connectivity index (χ1n) is 20.6. The first-order chi connectivity index (χ1) is 27.0. The van der Waals surface area contributed by atoms with E-state index in [4.69, 9.17) is 22.3 Å². The standard InChI is InChI=1S/C44H63ClN6O5S/c1-8-44(6,26-29(4)30(5)51-37-23-17-21-34(28(2)3)39(37)48-43(51)45)57(7,56)49-41(54)35-24-31(35)18-13-10-9-11-16-22-36(47-32-19-14-12-15-20-32)42(55)50-27-33(52)25-38(50)40(46)53/h12-15,17-21,23,28-31,33,35-36,38,47,52H,7-11,16,22,24-27H2,1-6H3,(H2,46,53)(H,49,54,56). The van der Waals surface area contributed by atoms with Gasteiger partial charge in [-0.2, -0.15) is 0 Å². The number of carbonyl (C=O) groups is 3. The lowest BCUT2D eigenvalue weighted by Gasteiger charge is -2.37. The van der Waals surface area contributed by atoms with Gasteiger partial charge in [0.25, 0.3) is 0 Å². The Kier molecular flexibility index (Phi) is 14.6. The quantitative estimate of drug-likeness (QED) is 0.0526. The molecule has 1 saturated heterocycles. The third-order valence-electron chi connectivity index (χ3n) is 12.4. The highest BCUT2D eigenvalue weighted by Crippen LogP contribution is 2.42. The van der Waals surface area contributed by atoms with E-state index in [1.807, 2.05) is 56.3 Å². The molecule has 9 atom stereocenters. The predicted octanol–water partition coefficient (Wildman–Crippen LogP) is 7.39. The minimum Gasteiger partial charge on any atom is -0.391 e. The highest BCUT2D eigenvalue weighted by atomic mass is 35.5. The summed E-state index contributed by atoms with van der Waals surface area (Å²) in [7, 11) is -3.00. The third-order valence-corrected chi connectivity index (χ3v) is 15.2. The monoisotopic (exact) mass is 822 g/mol. The van der Waals surface area contributed by atoms with E-state index in [2.05, 4.69) is 66.4 Å². The van der Waals surface area contributed by atoms with Gasteiger partial charge in [-0.15, -0.1) is 0 Å². The molecule has 9 unspecified atom stereocenters. The molecule has 1 aromatic heterocycles. The number of amides is 3. The van der Waals surface area contributed by atoms with Gasteiger partial charge in [-0.3, -0.25) is 19.1 Å². The lowest BCUT2D eigenvalue weighted by atomic mass is 9.89. The molecule has 3 amide bonds. The molecule has 1 saturated carbocycles. The number of fused-ring (bicyclic) bond motifs is 1. The van der Waals surface area contributed by atoms with Crippen LogP contribution in [0.3, 0.4) is 0 Å². The second kappa shape index (κ2) is 18.8. The van der Waals surface area contributed by atoms with Gasteiger partial charge in [-0.25, -0.2) is 9.19 Å². The largest absolute Gasteiger partial charge is 0.391 e. The van der Waals surface area contributed by atoms with Gasteiger partial charge in [0.1, 0.15) is 12.1 Å². The average Bonchev–Trinajstić information content (AvgIpc) is 3.71. The number of aromatic nitrogens is 2. The summed E-state index contributed by atoms with van der Waals surface area (Å²) < 4.78 is 18.5. The summed E-state index contributed by atoms with van der Waals surface area (Å²) in [5.41, 5.74) is 9.41. The highest BCUT2D eigenvalue weighted by molar-refractivity contribution is 8.00. The molecular weight excluding hydrogens is 760 g/mol. The second-order valence-electron chi connectivity index (χ2n) is 16.9. The van der Waals surface area contributed by atoms with Gasteiger partial charge in [0.2, 0.25) is 23.0 Å². The molecule has 5 rings (SSSR count). The van der Waals surface area contributed by atoms with Gasteiger partial charge in [0, 0.05) is 30.6 Å². The molecule has 2 heterocycles. The number of hydrogen-bond acceptors (Lipinski definition) is 7. The fourth-order valence-electron chi connectivity index (χ4n) is 8.25. The number of anilines is 1. The van der Waals surface area contributed by atoms with Crippen LogP contribution < -0.4 is 15.8 Å². The highest BCUT2D eigenvalue weighted by Gasteiger charge is 2.44. The molecule has 0 radical (unpaired) electrons. The van der Waals surface area contributed by atoms with Crippen LogP contribution in [-0.4, -0.2) is 76.8 Å². The maximum Gasteiger partial charge on any atom is 0.245 e. The summed E-state index contributed by atoms with van der Waals surface area (Å²) in [5, 5.41) is 13.9. The molecule has 2 aromatic carbocycles. The molecule has 2 aliphatic rings. The van der Waals surface area contributed by atoms with Crippen LogP contribution in [-0.2, 0) is 24.1 Å². The van der Waals surface area contributed by atoms with Crippen molar-refractivity contribution in [3.63, 3.8) is 0 Å². The Labute approximate surface area is 344 Å². The van der Waals surface area contributed by atoms with Crippen LogP contribution in [0, 0.1) is 17.8 Å². The van der Waals surface area contributed by atoms with E-state index in [-0.39, 0.29) is 48.6 Å². The number of carbonyl (C=O) groups excluding carboxylic acids is 3. The summed E-state index contributed by atoms with van der Waals surface area (Å²) >= 11 is 6.74. The van der Waals surface area contributed by atoms with Crippen molar-refractivity contribution in [3.8, 4) is 0 Å². The Morgan fingerprint density at radius 3 is 2.47 bits per heavy atom. The minimum atomic E-state index is -3.00. The van der Waals surface area contributed by atoms with Gasteiger partial charge < -0.3 is 25.6 Å². The summed E-state index contributed by atoms with van der Waals surface area (Å²) in [6, 6.07) is 14.2. The van der Waals surface area contributed by atoms with E-state index < -0.39 is 38.5 Å². The number of aliphatic hydroxyl groups excluding tert-OH is 1. The van der Waals surface area contributed by atoms with E-state index in [9.17, 15) is 23.7 Å². The molecule has 2 fully saturated rings. The number of aliphatic hydroxyl groups is 1. The minimum absolute atomic E-state index is 0.0320. The van der Waals surface area contributed by atoms with Crippen molar-refractivity contribution in [2.75, 3.05) is 11.9 Å². The first kappa shape index (κ1) is 44.2. The van der Waals surface area contributed by atoms with Crippen LogP contribution in [0.25, 0.3) is 11.0 Å². The molecule has 13 heteroatoms. The smallest absolute Gasteiger partial charge is 0.245 e. The number of benzene rings is 2. The van der Waals surface area contributed by atoms with Gasteiger partial charge in [-0.05, 0) is 111 Å². The molecule has 1 aliphatic heterocycles. The van der Waals surface area contributed by atoms with Crippen molar-refractivity contribution in [1.29, 1.82) is 0 Å². The van der Waals surface area contributed by atoms with Crippen molar-refractivity contribution < 1.29 is 23.7 Å². The van der Waals surface area contributed by atoms with Crippen molar-refractivity contribution >= 4 is 61.6 Å². The summed E-state index contributed by atoms with van der Waals surface area (Å²) in [6.45, 7) is 12.6. The maximum atomic E-state index is 14.3. The molecule has 11 nitrogen and oxygen atoms in total. The predicted molar refractivity (Wildman–Crippen MR) is 232 cm³/mol. The molecule has 3 aromatic rings. The molecule has 1 aliphatic carbocycles. The van der Waals surface area contributed by atoms with E-state index in [1.165, 1.54) is 4.90 Å². The molecule has 0 bridgehead atoms. The Morgan fingerprint density at radius 2 is 1.81 bits per heavy atom. The van der Waals surface area contributed by atoms with Gasteiger partial charge >= 0.3 is 0 Å². The van der Waals surface area contributed by atoms with Crippen LogP contribution in [0.1, 0.15) is 117 Å². The number of nitrogens with zero attached hydrogens (tertiary/aromatic N) is 3. The topological polar surface area (TPSA) is 160 Å². The Bertz CT molecular complexity index is 2020. The van der Waals surface area contributed by atoms with Gasteiger partial charge in [0.05, 0.1) is 31.6 Å². The van der Waals surface area contributed by atoms with Crippen LogP contribution in [0.4, 0.5) is 5.69 Å². The number of primary amides is 1. The fraction of sp³-hybridized carbons (Fsp3) is 0.568.